The van der Waals surface area contributed by atoms with Gasteiger partial charge in [0.2, 0.25) is 0 Å². The summed E-state index contributed by atoms with van der Waals surface area (Å²) in [6.07, 6.45) is 0.453. The van der Waals surface area contributed by atoms with Crippen LogP contribution in [0.4, 0.5) is 0 Å². The first-order valence-electron chi connectivity index (χ1n) is 5.07. The highest BCUT2D eigenvalue weighted by Crippen LogP contribution is 2.29. The van der Waals surface area contributed by atoms with Gasteiger partial charge in [0, 0.05) is 11.8 Å². The molecule has 0 radical (unpaired) electrons. The maximum absolute atomic E-state index is 11.4. The number of hydrogen-bond acceptors (Lipinski definition) is 4. The molecule has 5 heteroatoms. The summed E-state index contributed by atoms with van der Waals surface area (Å²) >= 11 is 3.35. The number of esters is 1. The van der Waals surface area contributed by atoms with Crippen LogP contribution in [0.1, 0.15) is 16.1 Å². The molecule has 1 heterocycles. The van der Waals surface area contributed by atoms with Gasteiger partial charge < -0.3 is 14.3 Å². The fourth-order valence-electron chi connectivity index (χ4n) is 1.63. The highest BCUT2D eigenvalue weighted by Gasteiger charge is 2.13. The second-order valence-electron chi connectivity index (χ2n) is 3.55. The van der Waals surface area contributed by atoms with E-state index in [4.69, 9.17) is 9.52 Å². The Labute approximate surface area is 106 Å². The van der Waals surface area contributed by atoms with Gasteiger partial charge in [-0.3, -0.25) is 0 Å². The number of carbonyl (C=O) groups excluding carboxylic acids is 1. The second-order valence-corrected chi connectivity index (χ2v) is 4.41. The summed E-state index contributed by atoms with van der Waals surface area (Å²) in [4.78, 5) is 11.4. The van der Waals surface area contributed by atoms with E-state index >= 15 is 0 Å². The third-order valence-corrected chi connectivity index (χ3v) is 2.99. The molecule has 0 amide bonds. The van der Waals surface area contributed by atoms with Gasteiger partial charge in [-0.1, -0.05) is 0 Å². The Morgan fingerprint density at radius 3 is 2.88 bits per heavy atom. The first-order chi connectivity index (χ1) is 8.15. The molecular weight excluding hydrogens is 288 g/mol. The zero-order valence-corrected chi connectivity index (χ0v) is 10.8. The van der Waals surface area contributed by atoms with Crippen molar-refractivity contribution in [1.82, 2.24) is 0 Å². The van der Waals surface area contributed by atoms with Crippen LogP contribution in [-0.4, -0.2) is 24.8 Å². The number of fused-ring (bicyclic) bond motifs is 1. The number of ether oxygens (including phenoxy) is 1. The van der Waals surface area contributed by atoms with Gasteiger partial charge in [0.25, 0.3) is 0 Å². The van der Waals surface area contributed by atoms with Crippen LogP contribution in [0.2, 0.25) is 0 Å². The van der Waals surface area contributed by atoms with Gasteiger partial charge in [0.05, 0.1) is 23.8 Å². The van der Waals surface area contributed by atoms with E-state index in [1.54, 1.807) is 12.1 Å². The number of aliphatic hydroxyl groups is 1. The SMILES string of the molecule is COC(=O)c1cc(Br)c2oc(CCO)cc2c1. The number of rotatable bonds is 3. The lowest BCUT2D eigenvalue weighted by atomic mass is 10.1. The van der Waals surface area contributed by atoms with E-state index in [-0.39, 0.29) is 6.61 Å². The van der Waals surface area contributed by atoms with Crippen LogP contribution in [0.5, 0.6) is 0 Å². The van der Waals surface area contributed by atoms with Crippen molar-refractivity contribution < 1.29 is 19.1 Å². The summed E-state index contributed by atoms with van der Waals surface area (Å²) in [6, 6.07) is 5.17. The summed E-state index contributed by atoms with van der Waals surface area (Å²) in [5.74, 6) is 0.294. The molecule has 2 aromatic rings. The molecule has 4 nitrogen and oxygen atoms in total. The lowest BCUT2D eigenvalue weighted by Crippen LogP contribution is -2.00. The van der Waals surface area contributed by atoms with Crippen molar-refractivity contribution in [1.29, 1.82) is 0 Å². The first kappa shape index (κ1) is 12.1. The van der Waals surface area contributed by atoms with Gasteiger partial charge in [0.1, 0.15) is 11.3 Å². The van der Waals surface area contributed by atoms with Crippen LogP contribution in [0.3, 0.4) is 0 Å². The van der Waals surface area contributed by atoms with Gasteiger partial charge in [-0.2, -0.15) is 0 Å². The van der Waals surface area contributed by atoms with Crippen LogP contribution in [0.25, 0.3) is 11.0 Å². The van der Waals surface area contributed by atoms with Crippen molar-refractivity contribution in [2.24, 2.45) is 0 Å². The number of aliphatic hydroxyl groups excluding tert-OH is 1. The van der Waals surface area contributed by atoms with Crippen molar-refractivity contribution in [2.75, 3.05) is 13.7 Å². The molecular formula is C12H11BrO4. The lowest BCUT2D eigenvalue weighted by Gasteiger charge is -2.00. The largest absolute Gasteiger partial charge is 0.465 e. The van der Waals surface area contributed by atoms with E-state index in [2.05, 4.69) is 20.7 Å². The fraction of sp³-hybridized carbons (Fsp3) is 0.250. The minimum Gasteiger partial charge on any atom is -0.465 e. The Kier molecular flexibility index (Phi) is 3.49. The zero-order valence-electron chi connectivity index (χ0n) is 9.20. The Hall–Kier alpha value is -1.33. The normalized spacial score (nSPS) is 10.8. The molecule has 1 aromatic heterocycles. The topological polar surface area (TPSA) is 59.7 Å². The minimum atomic E-state index is -0.391. The van der Waals surface area contributed by atoms with Gasteiger partial charge >= 0.3 is 5.97 Å². The van der Waals surface area contributed by atoms with E-state index in [0.29, 0.717) is 27.8 Å². The van der Waals surface area contributed by atoms with Crippen LogP contribution in [0.15, 0.2) is 27.1 Å². The molecule has 90 valence electrons. The maximum atomic E-state index is 11.4. The Bertz CT molecular complexity index is 559. The quantitative estimate of drug-likeness (QED) is 0.885. The van der Waals surface area contributed by atoms with Crippen LogP contribution in [-0.2, 0) is 11.2 Å². The summed E-state index contributed by atoms with van der Waals surface area (Å²) in [7, 11) is 1.34. The molecule has 0 bridgehead atoms. The fourth-order valence-corrected chi connectivity index (χ4v) is 2.19. The second kappa shape index (κ2) is 4.89. The lowest BCUT2D eigenvalue weighted by molar-refractivity contribution is 0.0601. The third kappa shape index (κ3) is 2.35. The number of hydrogen-bond donors (Lipinski definition) is 1. The third-order valence-electron chi connectivity index (χ3n) is 2.40. The van der Waals surface area contributed by atoms with Crippen molar-refractivity contribution in [3.8, 4) is 0 Å². The number of benzene rings is 1. The molecule has 0 saturated carbocycles. The summed E-state index contributed by atoms with van der Waals surface area (Å²) in [5.41, 5.74) is 1.13. The molecule has 17 heavy (non-hydrogen) atoms. The van der Waals surface area contributed by atoms with Gasteiger partial charge in [-0.05, 0) is 34.1 Å². The van der Waals surface area contributed by atoms with Gasteiger partial charge in [-0.15, -0.1) is 0 Å². The zero-order chi connectivity index (χ0) is 12.4. The van der Waals surface area contributed by atoms with Crippen LogP contribution in [0, 0.1) is 0 Å². The molecule has 0 saturated heterocycles. The van der Waals surface area contributed by atoms with Crippen molar-refractivity contribution in [3.63, 3.8) is 0 Å². The highest BCUT2D eigenvalue weighted by atomic mass is 79.9. The summed E-state index contributed by atoms with van der Waals surface area (Å²) in [6.45, 7) is 0.0291. The number of halogens is 1. The Balaban J connectivity index is 2.53. The van der Waals surface area contributed by atoms with Gasteiger partial charge in [-0.25, -0.2) is 4.79 Å². The molecule has 0 aliphatic heterocycles. The maximum Gasteiger partial charge on any atom is 0.337 e. The molecule has 2 rings (SSSR count). The predicted molar refractivity (Wildman–Crippen MR) is 66.0 cm³/mol. The molecule has 0 fully saturated rings. The highest BCUT2D eigenvalue weighted by molar-refractivity contribution is 9.10. The molecule has 0 atom stereocenters. The van der Waals surface area contributed by atoms with Crippen LogP contribution >= 0.6 is 15.9 Å². The summed E-state index contributed by atoms with van der Waals surface area (Å²) in [5, 5.41) is 9.66. The molecule has 1 aromatic carbocycles. The number of methoxy groups -OCH3 is 1. The smallest absolute Gasteiger partial charge is 0.337 e. The van der Waals surface area contributed by atoms with Crippen molar-refractivity contribution in [2.45, 2.75) is 6.42 Å². The van der Waals surface area contributed by atoms with Crippen LogP contribution < -0.4 is 0 Å². The monoisotopic (exact) mass is 298 g/mol. The molecule has 0 spiro atoms. The average molecular weight is 299 g/mol. The predicted octanol–water partition coefficient (Wildman–Crippen LogP) is 2.52. The van der Waals surface area contributed by atoms with E-state index < -0.39 is 5.97 Å². The number of furan rings is 1. The van der Waals surface area contributed by atoms with Crippen molar-refractivity contribution in [3.05, 3.63) is 34.0 Å². The number of carbonyl (C=O) groups is 1. The molecule has 0 aliphatic rings. The standard InChI is InChI=1S/C12H11BrO4/c1-16-12(15)8-4-7-5-9(2-3-14)17-11(7)10(13)6-8/h4-6,14H,2-3H2,1H3. The first-order valence-corrected chi connectivity index (χ1v) is 5.86. The average Bonchev–Trinajstić information content (AvgIpc) is 2.71. The summed E-state index contributed by atoms with van der Waals surface area (Å²) < 4.78 is 10.9. The van der Waals surface area contributed by atoms with E-state index in [0.717, 1.165) is 5.39 Å². The molecule has 0 unspecified atom stereocenters. The Morgan fingerprint density at radius 2 is 2.24 bits per heavy atom. The van der Waals surface area contributed by atoms with E-state index in [1.807, 2.05) is 6.07 Å². The minimum absolute atomic E-state index is 0.0291. The van der Waals surface area contributed by atoms with E-state index in [1.165, 1.54) is 7.11 Å². The Morgan fingerprint density at radius 1 is 1.47 bits per heavy atom. The van der Waals surface area contributed by atoms with E-state index in [9.17, 15) is 4.79 Å². The molecule has 1 N–H and O–H groups in total. The van der Waals surface area contributed by atoms with Crippen molar-refractivity contribution >= 4 is 32.9 Å². The van der Waals surface area contributed by atoms with Gasteiger partial charge in [0.15, 0.2) is 0 Å². The molecule has 0 aliphatic carbocycles.